The fourth-order valence-electron chi connectivity index (χ4n) is 1.41. The van der Waals surface area contributed by atoms with Crippen molar-refractivity contribution in [3.05, 3.63) is 29.8 Å². The third kappa shape index (κ3) is 4.88. The van der Waals surface area contributed by atoms with Crippen LogP contribution in [0.5, 0.6) is 0 Å². The van der Waals surface area contributed by atoms with Gasteiger partial charge in [0.25, 0.3) is 0 Å². The monoisotopic (exact) mass is 305 g/mol. The van der Waals surface area contributed by atoms with Gasteiger partial charge in [-0.1, -0.05) is 30.8 Å². The first-order valence-corrected chi connectivity index (χ1v) is 6.81. The number of anilines is 1. The van der Waals surface area contributed by atoms with Crippen molar-refractivity contribution in [2.24, 2.45) is 5.92 Å². The van der Waals surface area contributed by atoms with Gasteiger partial charge in [0.15, 0.2) is 5.12 Å². The van der Waals surface area contributed by atoms with Crippen molar-refractivity contribution in [3.63, 3.8) is 0 Å². The zero-order valence-electron chi connectivity index (χ0n) is 11.0. The van der Waals surface area contributed by atoms with E-state index in [0.29, 0.717) is 0 Å². The van der Waals surface area contributed by atoms with Crippen LogP contribution in [0.4, 0.5) is 18.9 Å². The molecular formula is C13H14F3NO2S. The molecule has 0 radical (unpaired) electrons. The minimum absolute atomic E-state index is 0.139. The quantitative estimate of drug-likeness (QED) is 0.925. The Morgan fingerprint density at radius 2 is 1.90 bits per heavy atom. The van der Waals surface area contributed by atoms with Gasteiger partial charge in [-0.2, -0.15) is 13.2 Å². The van der Waals surface area contributed by atoms with Gasteiger partial charge in [0.2, 0.25) is 5.91 Å². The van der Waals surface area contributed by atoms with Gasteiger partial charge >= 0.3 is 6.18 Å². The van der Waals surface area contributed by atoms with Gasteiger partial charge in [-0.05, 0) is 12.1 Å². The van der Waals surface area contributed by atoms with Crippen LogP contribution in [0.2, 0.25) is 0 Å². The molecule has 0 heterocycles. The SMILES string of the molecule is CC(=O)SCC(C)C(=O)Nc1ccccc1C(F)(F)F. The van der Waals surface area contributed by atoms with E-state index < -0.39 is 23.6 Å². The Balaban J connectivity index is 2.78. The van der Waals surface area contributed by atoms with Crippen LogP contribution in [0, 0.1) is 5.92 Å². The Labute approximate surface area is 118 Å². The average molecular weight is 305 g/mol. The molecule has 0 saturated carbocycles. The topological polar surface area (TPSA) is 46.2 Å². The van der Waals surface area contributed by atoms with E-state index in [-0.39, 0.29) is 16.6 Å². The number of para-hydroxylation sites is 1. The number of nitrogens with one attached hydrogen (secondary N) is 1. The highest BCUT2D eigenvalue weighted by molar-refractivity contribution is 8.13. The van der Waals surface area contributed by atoms with E-state index in [9.17, 15) is 22.8 Å². The van der Waals surface area contributed by atoms with Crippen molar-refractivity contribution in [2.45, 2.75) is 20.0 Å². The van der Waals surface area contributed by atoms with Gasteiger partial charge in [0, 0.05) is 18.6 Å². The van der Waals surface area contributed by atoms with Gasteiger partial charge in [0.05, 0.1) is 11.3 Å². The molecule has 0 fully saturated rings. The van der Waals surface area contributed by atoms with Crippen molar-refractivity contribution in [2.75, 3.05) is 11.1 Å². The average Bonchev–Trinajstić information content (AvgIpc) is 2.35. The van der Waals surface area contributed by atoms with Crippen molar-refractivity contribution in [3.8, 4) is 0 Å². The zero-order valence-corrected chi connectivity index (χ0v) is 11.8. The number of carbonyl (C=O) groups is 2. The van der Waals surface area contributed by atoms with Crippen LogP contribution in [0.3, 0.4) is 0 Å². The number of carbonyl (C=O) groups excluding carboxylic acids is 2. The highest BCUT2D eigenvalue weighted by Crippen LogP contribution is 2.34. The molecule has 0 saturated heterocycles. The fraction of sp³-hybridized carbons (Fsp3) is 0.385. The van der Waals surface area contributed by atoms with Crippen molar-refractivity contribution in [1.29, 1.82) is 0 Å². The molecule has 1 rings (SSSR count). The number of amides is 1. The molecule has 1 amide bonds. The van der Waals surface area contributed by atoms with Crippen LogP contribution in [0.1, 0.15) is 19.4 Å². The van der Waals surface area contributed by atoms with Crippen LogP contribution in [-0.2, 0) is 15.8 Å². The third-order valence-electron chi connectivity index (χ3n) is 2.47. The van der Waals surface area contributed by atoms with Crippen LogP contribution < -0.4 is 5.32 Å². The first-order valence-electron chi connectivity index (χ1n) is 5.82. The second-order valence-electron chi connectivity index (χ2n) is 4.24. The Kier molecular flexibility index (Phi) is 5.62. The predicted octanol–water partition coefficient (Wildman–Crippen LogP) is 3.56. The minimum atomic E-state index is -4.53. The molecule has 20 heavy (non-hydrogen) atoms. The molecular weight excluding hydrogens is 291 g/mol. The summed E-state index contributed by atoms with van der Waals surface area (Å²) < 4.78 is 38.3. The molecule has 0 aliphatic rings. The second kappa shape index (κ2) is 6.78. The lowest BCUT2D eigenvalue weighted by molar-refractivity contribution is -0.137. The Morgan fingerprint density at radius 3 is 2.45 bits per heavy atom. The number of halogens is 3. The maximum Gasteiger partial charge on any atom is 0.418 e. The van der Waals surface area contributed by atoms with E-state index in [1.165, 1.54) is 25.1 Å². The highest BCUT2D eigenvalue weighted by atomic mass is 32.2. The lowest BCUT2D eigenvalue weighted by Crippen LogP contribution is -2.24. The molecule has 3 nitrogen and oxygen atoms in total. The van der Waals surface area contributed by atoms with Gasteiger partial charge in [0.1, 0.15) is 0 Å². The first-order chi connectivity index (χ1) is 9.21. The summed E-state index contributed by atoms with van der Waals surface area (Å²) in [6.07, 6.45) is -4.53. The van der Waals surface area contributed by atoms with Crippen molar-refractivity contribution in [1.82, 2.24) is 0 Å². The molecule has 0 aliphatic carbocycles. The molecule has 1 atom stereocenters. The normalized spacial score (nSPS) is 12.8. The van der Waals surface area contributed by atoms with Crippen LogP contribution >= 0.6 is 11.8 Å². The molecule has 1 unspecified atom stereocenters. The molecule has 7 heteroatoms. The van der Waals surface area contributed by atoms with Gasteiger partial charge < -0.3 is 5.32 Å². The number of rotatable bonds is 4. The number of thioether (sulfide) groups is 1. The van der Waals surface area contributed by atoms with Crippen LogP contribution in [0.15, 0.2) is 24.3 Å². The molecule has 0 aromatic heterocycles. The van der Waals surface area contributed by atoms with E-state index in [0.717, 1.165) is 17.8 Å². The summed E-state index contributed by atoms with van der Waals surface area (Å²) in [6, 6.07) is 4.78. The number of hydrogen-bond donors (Lipinski definition) is 1. The lowest BCUT2D eigenvalue weighted by atomic mass is 10.1. The highest BCUT2D eigenvalue weighted by Gasteiger charge is 2.33. The molecule has 1 aromatic carbocycles. The van der Waals surface area contributed by atoms with Crippen molar-refractivity contribution >= 4 is 28.5 Å². The molecule has 0 spiro atoms. The van der Waals surface area contributed by atoms with E-state index in [4.69, 9.17) is 0 Å². The Hall–Kier alpha value is -1.50. The molecule has 0 bridgehead atoms. The summed E-state index contributed by atoms with van der Waals surface area (Å²) in [4.78, 5) is 22.6. The Bertz CT molecular complexity index is 503. The smallest absolute Gasteiger partial charge is 0.325 e. The van der Waals surface area contributed by atoms with E-state index in [1.807, 2.05) is 0 Å². The number of benzene rings is 1. The predicted molar refractivity (Wildman–Crippen MR) is 72.4 cm³/mol. The van der Waals surface area contributed by atoms with Crippen molar-refractivity contribution < 1.29 is 22.8 Å². The minimum Gasteiger partial charge on any atom is -0.325 e. The summed E-state index contributed by atoms with van der Waals surface area (Å²) in [7, 11) is 0. The van der Waals surface area contributed by atoms with Gasteiger partial charge in [-0.3, -0.25) is 9.59 Å². The van der Waals surface area contributed by atoms with Crippen LogP contribution in [-0.4, -0.2) is 16.8 Å². The molecule has 0 aliphatic heterocycles. The van der Waals surface area contributed by atoms with Gasteiger partial charge in [-0.25, -0.2) is 0 Å². The number of alkyl halides is 3. The van der Waals surface area contributed by atoms with E-state index >= 15 is 0 Å². The summed E-state index contributed by atoms with van der Waals surface area (Å²) in [5.41, 5.74) is -1.16. The maximum absolute atomic E-state index is 12.8. The molecule has 1 N–H and O–H groups in total. The van der Waals surface area contributed by atoms with Crippen LogP contribution in [0.25, 0.3) is 0 Å². The summed E-state index contributed by atoms with van der Waals surface area (Å²) in [5, 5.41) is 2.12. The summed E-state index contributed by atoms with van der Waals surface area (Å²) in [6.45, 7) is 2.93. The molecule has 110 valence electrons. The second-order valence-corrected chi connectivity index (χ2v) is 5.43. The fourth-order valence-corrected chi connectivity index (χ4v) is 2.05. The third-order valence-corrected chi connectivity index (χ3v) is 3.55. The van der Waals surface area contributed by atoms with E-state index in [1.54, 1.807) is 6.92 Å². The zero-order chi connectivity index (χ0) is 15.3. The largest absolute Gasteiger partial charge is 0.418 e. The first kappa shape index (κ1) is 16.6. The standard InChI is InChI=1S/C13H14F3NO2S/c1-8(7-20-9(2)18)12(19)17-11-6-4-3-5-10(11)13(14,15)16/h3-6,8H,7H2,1-2H3,(H,17,19). The summed E-state index contributed by atoms with van der Waals surface area (Å²) in [5.74, 6) is -0.879. The molecule has 1 aromatic rings. The summed E-state index contributed by atoms with van der Waals surface area (Å²) >= 11 is 0.966. The maximum atomic E-state index is 12.8. The lowest BCUT2D eigenvalue weighted by Gasteiger charge is -2.15. The van der Waals surface area contributed by atoms with E-state index in [2.05, 4.69) is 5.32 Å². The number of hydrogen-bond acceptors (Lipinski definition) is 3. The van der Waals surface area contributed by atoms with Gasteiger partial charge in [-0.15, -0.1) is 0 Å². The Morgan fingerprint density at radius 1 is 1.30 bits per heavy atom.